The van der Waals surface area contributed by atoms with Gasteiger partial charge in [0, 0.05) is 6.54 Å². The van der Waals surface area contributed by atoms with Gasteiger partial charge in [0.2, 0.25) is 0 Å². The van der Waals surface area contributed by atoms with Crippen LogP contribution in [0.15, 0.2) is 5.51 Å². The van der Waals surface area contributed by atoms with Gasteiger partial charge in [-0.15, -0.1) is 11.3 Å². The van der Waals surface area contributed by atoms with Crippen LogP contribution in [-0.2, 0) is 0 Å². The summed E-state index contributed by atoms with van der Waals surface area (Å²) in [6.45, 7) is 4.83. The van der Waals surface area contributed by atoms with Crippen molar-refractivity contribution < 1.29 is 4.79 Å². The van der Waals surface area contributed by atoms with E-state index in [1.54, 1.807) is 10.4 Å². The Kier molecular flexibility index (Phi) is 4.82. The average molecular weight is 257 g/mol. The Labute approximate surface area is 104 Å². The molecule has 16 heavy (non-hydrogen) atoms. The number of carbonyl (C=O) groups excluding carboxylic acids is 1. The molecular weight excluding hydrogens is 242 g/mol. The zero-order chi connectivity index (χ0) is 12.1. The van der Waals surface area contributed by atoms with Crippen molar-refractivity contribution in [2.24, 2.45) is 5.73 Å². The number of nitrogens with zero attached hydrogens (tertiary/aromatic N) is 2. The van der Waals surface area contributed by atoms with Crippen molar-refractivity contribution in [3.05, 3.63) is 16.1 Å². The number of hydrogen-bond donors (Lipinski definition) is 1. The molecular formula is C10H15N3OS2. The first-order valence-corrected chi connectivity index (χ1v) is 6.32. The summed E-state index contributed by atoms with van der Waals surface area (Å²) in [5, 5.41) is 0. The van der Waals surface area contributed by atoms with Crippen LogP contribution in [0.4, 0.5) is 0 Å². The third-order valence-electron chi connectivity index (χ3n) is 2.07. The first-order chi connectivity index (χ1) is 7.56. The Morgan fingerprint density at radius 3 is 2.81 bits per heavy atom. The lowest BCUT2D eigenvalue weighted by atomic mass is 10.3. The fourth-order valence-electron chi connectivity index (χ4n) is 1.36. The van der Waals surface area contributed by atoms with E-state index in [4.69, 9.17) is 18.0 Å². The second-order valence-corrected chi connectivity index (χ2v) is 4.84. The van der Waals surface area contributed by atoms with Gasteiger partial charge in [0.1, 0.15) is 4.88 Å². The third kappa shape index (κ3) is 3.24. The monoisotopic (exact) mass is 257 g/mol. The highest BCUT2D eigenvalue weighted by atomic mass is 32.1. The predicted molar refractivity (Wildman–Crippen MR) is 69.8 cm³/mol. The summed E-state index contributed by atoms with van der Waals surface area (Å²) in [4.78, 5) is 18.9. The Balaban J connectivity index is 2.82. The van der Waals surface area contributed by atoms with Gasteiger partial charge in [0.15, 0.2) is 0 Å². The van der Waals surface area contributed by atoms with Crippen LogP contribution >= 0.6 is 23.6 Å². The lowest BCUT2D eigenvalue weighted by Gasteiger charge is -2.20. The molecule has 0 saturated heterocycles. The summed E-state index contributed by atoms with van der Waals surface area (Å²) >= 11 is 6.19. The van der Waals surface area contributed by atoms with E-state index in [9.17, 15) is 4.79 Å². The molecule has 0 aromatic carbocycles. The number of thiocarbonyl (C=S) groups is 1. The molecule has 4 nitrogen and oxygen atoms in total. The van der Waals surface area contributed by atoms with E-state index in [1.807, 2.05) is 13.8 Å². The van der Waals surface area contributed by atoms with Crippen LogP contribution in [0.1, 0.15) is 28.7 Å². The molecule has 0 spiro atoms. The summed E-state index contributed by atoms with van der Waals surface area (Å²) in [6, 6.07) is 0. The first-order valence-electron chi connectivity index (χ1n) is 5.04. The predicted octanol–water partition coefficient (Wildman–Crippen LogP) is 1.59. The van der Waals surface area contributed by atoms with Gasteiger partial charge in [-0.05, 0) is 13.3 Å². The van der Waals surface area contributed by atoms with Crippen molar-refractivity contribution in [2.75, 3.05) is 13.1 Å². The van der Waals surface area contributed by atoms with Gasteiger partial charge in [-0.2, -0.15) is 0 Å². The van der Waals surface area contributed by atoms with E-state index in [-0.39, 0.29) is 5.91 Å². The lowest BCUT2D eigenvalue weighted by Crippen LogP contribution is -2.38. The number of rotatable bonds is 5. The second kappa shape index (κ2) is 5.91. The minimum absolute atomic E-state index is 0.0327. The Bertz CT molecular complexity index is 389. The molecule has 1 aromatic rings. The van der Waals surface area contributed by atoms with Gasteiger partial charge < -0.3 is 10.6 Å². The Hall–Kier alpha value is -1.01. The Morgan fingerprint density at radius 1 is 1.69 bits per heavy atom. The van der Waals surface area contributed by atoms with Gasteiger partial charge in [0.05, 0.1) is 22.7 Å². The number of nitrogens with two attached hydrogens (primary N) is 1. The standard InChI is InChI=1S/C10H15N3OS2/c1-3-4-13(5-8(11)15)10(14)9-7(2)12-6-16-9/h6H,3-5H2,1-2H3,(H2,11,15). The first kappa shape index (κ1) is 13.1. The molecule has 1 rings (SSSR count). The molecule has 6 heteroatoms. The summed E-state index contributed by atoms with van der Waals surface area (Å²) in [6.07, 6.45) is 0.881. The summed E-state index contributed by atoms with van der Waals surface area (Å²) in [5.74, 6) is -0.0327. The maximum Gasteiger partial charge on any atom is 0.266 e. The second-order valence-electron chi connectivity index (χ2n) is 3.46. The number of hydrogen-bond acceptors (Lipinski definition) is 4. The molecule has 0 radical (unpaired) electrons. The van der Waals surface area contributed by atoms with Crippen molar-refractivity contribution >= 4 is 34.5 Å². The molecule has 0 saturated carbocycles. The minimum Gasteiger partial charge on any atom is -0.392 e. The van der Waals surface area contributed by atoms with E-state index in [2.05, 4.69) is 4.98 Å². The molecule has 1 aromatic heterocycles. The maximum atomic E-state index is 12.1. The summed E-state index contributed by atoms with van der Waals surface area (Å²) in [5.41, 5.74) is 7.92. The fraction of sp³-hybridized carbons (Fsp3) is 0.500. The number of carbonyl (C=O) groups is 1. The third-order valence-corrected chi connectivity index (χ3v) is 3.11. The molecule has 1 amide bonds. The van der Waals surface area contributed by atoms with E-state index in [0.717, 1.165) is 12.1 Å². The molecule has 0 aliphatic carbocycles. The topological polar surface area (TPSA) is 59.2 Å². The van der Waals surface area contributed by atoms with Crippen LogP contribution in [0, 0.1) is 6.92 Å². The summed E-state index contributed by atoms with van der Waals surface area (Å²) < 4.78 is 0. The number of amides is 1. The molecule has 2 N–H and O–H groups in total. The largest absolute Gasteiger partial charge is 0.392 e. The van der Waals surface area contributed by atoms with E-state index >= 15 is 0 Å². The molecule has 0 atom stereocenters. The van der Waals surface area contributed by atoms with Crippen molar-refractivity contribution in [3.8, 4) is 0 Å². The lowest BCUT2D eigenvalue weighted by molar-refractivity contribution is 0.0784. The van der Waals surface area contributed by atoms with Gasteiger partial charge >= 0.3 is 0 Å². The van der Waals surface area contributed by atoms with Gasteiger partial charge in [0.25, 0.3) is 5.91 Å². The normalized spacial score (nSPS) is 10.1. The van der Waals surface area contributed by atoms with Crippen LogP contribution in [-0.4, -0.2) is 33.9 Å². The zero-order valence-corrected chi connectivity index (χ0v) is 11.0. The van der Waals surface area contributed by atoms with Gasteiger partial charge in [-0.1, -0.05) is 19.1 Å². The van der Waals surface area contributed by atoms with Crippen LogP contribution in [0.25, 0.3) is 0 Å². The van der Waals surface area contributed by atoms with Crippen molar-refractivity contribution in [3.63, 3.8) is 0 Å². The highest BCUT2D eigenvalue weighted by Crippen LogP contribution is 2.15. The van der Waals surface area contributed by atoms with E-state index < -0.39 is 0 Å². The maximum absolute atomic E-state index is 12.1. The SMILES string of the molecule is CCCN(CC(N)=S)C(=O)c1scnc1C. The number of aryl methyl sites for hydroxylation is 1. The van der Waals surface area contributed by atoms with Crippen molar-refractivity contribution in [1.82, 2.24) is 9.88 Å². The number of aromatic nitrogens is 1. The molecule has 1 heterocycles. The van der Waals surface area contributed by atoms with Crippen LogP contribution < -0.4 is 5.73 Å². The summed E-state index contributed by atoms with van der Waals surface area (Å²) in [7, 11) is 0. The Morgan fingerprint density at radius 2 is 2.38 bits per heavy atom. The van der Waals surface area contributed by atoms with Gasteiger partial charge in [-0.25, -0.2) is 4.98 Å². The zero-order valence-electron chi connectivity index (χ0n) is 9.40. The fourth-order valence-corrected chi connectivity index (χ4v) is 2.29. The molecule has 0 aliphatic heterocycles. The average Bonchev–Trinajstić information content (AvgIpc) is 2.62. The quantitative estimate of drug-likeness (QED) is 0.814. The van der Waals surface area contributed by atoms with E-state index in [1.165, 1.54) is 11.3 Å². The molecule has 0 unspecified atom stereocenters. The molecule has 88 valence electrons. The molecule has 0 aliphatic rings. The van der Waals surface area contributed by atoms with Crippen LogP contribution in [0.3, 0.4) is 0 Å². The highest BCUT2D eigenvalue weighted by molar-refractivity contribution is 7.80. The van der Waals surface area contributed by atoms with Gasteiger partial charge in [-0.3, -0.25) is 4.79 Å². The minimum atomic E-state index is -0.0327. The van der Waals surface area contributed by atoms with E-state index in [0.29, 0.717) is 23.0 Å². The highest BCUT2D eigenvalue weighted by Gasteiger charge is 2.19. The van der Waals surface area contributed by atoms with Crippen LogP contribution in [0.2, 0.25) is 0 Å². The number of thiazole rings is 1. The molecule has 0 bridgehead atoms. The smallest absolute Gasteiger partial charge is 0.266 e. The van der Waals surface area contributed by atoms with Crippen molar-refractivity contribution in [2.45, 2.75) is 20.3 Å². The molecule has 0 fully saturated rings. The van der Waals surface area contributed by atoms with Crippen molar-refractivity contribution in [1.29, 1.82) is 0 Å². The van der Waals surface area contributed by atoms with Crippen LogP contribution in [0.5, 0.6) is 0 Å².